The molecule has 0 saturated carbocycles. The van der Waals surface area contributed by atoms with E-state index >= 15 is 0 Å². The molecule has 33 heavy (non-hydrogen) atoms. The number of carbonyl (C=O) groups is 2. The van der Waals surface area contributed by atoms with Crippen molar-refractivity contribution in [1.82, 2.24) is 9.88 Å². The van der Waals surface area contributed by atoms with Gasteiger partial charge in [0.05, 0.1) is 23.8 Å². The largest absolute Gasteiger partial charge is 0.487 e. The third-order valence-corrected chi connectivity index (χ3v) is 5.80. The van der Waals surface area contributed by atoms with E-state index in [1.54, 1.807) is 50.1 Å². The lowest BCUT2D eigenvalue weighted by molar-refractivity contribution is -0.149. The van der Waals surface area contributed by atoms with Crippen LogP contribution in [-0.4, -0.2) is 40.9 Å². The Bertz CT molecular complexity index is 1030. The van der Waals surface area contributed by atoms with E-state index in [1.807, 2.05) is 19.9 Å². The van der Waals surface area contributed by atoms with Crippen LogP contribution in [0.25, 0.3) is 0 Å². The Balaban J connectivity index is 1.85. The van der Waals surface area contributed by atoms with Crippen molar-refractivity contribution < 1.29 is 27.8 Å². The number of rotatable bonds is 9. The summed E-state index contributed by atoms with van der Waals surface area (Å²) in [5.74, 6) is -0.631. The number of aryl methyl sites for hydroxylation is 1. The van der Waals surface area contributed by atoms with Crippen LogP contribution < -0.4 is 4.74 Å². The molecule has 1 amide bonds. The fourth-order valence-electron chi connectivity index (χ4n) is 4.10. The smallest absolute Gasteiger partial charge is 0.315 e. The lowest BCUT2D eigenvalue weighted by Crippen LogP contribution is -2.27. The summed E-state index contributed by atoms with van der Waals surface area (Å²) in [5.41, 5.74) is 3.44. The molecule has 3 rings (SSSR count). The molecule has 2 aromatic rings. The van der Waals surface area contributed by atoms with E-state index in [4.69, 9.17) is 9.47 Å². The van der Waals surface area contributed by atoms with Gasteiger partial charge < -0.3 is 14.4 Å². The van der Waals surface area contributed by atoms with E-state index in [9.17, 15) is 18.4 Å². The summed E-state index contributed by atoms with van der Waals surface area (Å²) in [6, 6.07) is 6.68. The van der Waals surface area contributed by atoms with Gasteiger partial charge in [-0.3, -0.25) is 14.6 Å². The van der Waals surface area contributed by atoms with Crippen LogP contribution in [0.1, 0.15) is 78.8 Å². The molecule has 1 aromatic heterocycles. The van der Waals surface area contributed by atoms with Crippen LogP contribution in [0.5, 0.6) is 5.75 Å². The Morgan fingerprint density at radius 2 is 1.94 bits per heavy atom. The number of pyridine rings is 1. The Morgan fingerprint density at radius 1 is 1.21 bits per heavy atom. The number of amides is 1. The van der Waals surface area contributed by atoms with Gasteiger partial charge in [-0.1, -0.05) is 19.1 Å². The van der Waals surface area contributed by atoms with Crippen molar-refractivity contribution in [3.05, 3.63) is 58.4 Å². The number of aromatic nitrogens is 1. The first-order valence-corrected chi connectivity index (χ1v) is 11.1. The number of ether oxygens (including phenoxy) is 2. The van der Waals surface area contributed by atoms with E-state index < -0.39 is 19.0 Å². The molecule has 2 heterocycles. The van der Waals surface area contributed by atoms with Crippen LogP contribution >= 0.6 is 0 Å². The van der Waals surface area contributed by atoms with Crippen LogP contribution in [-0.2, 0) is 16.1 Å². The molecule has 2 unspecified atom stereocenters. The predicted molar refractivity (Wildman–Crippen MR) is 119 cm³/mol. The molecule has 8 heteroatoms. The molecule has 0 N–H and O–H groups in total. The highest BCUT2D eigenvalue weighted by Crippen LogP contribution is 2.36. The summed E-state index contributed by atoms with van der Waals surface area (Å²) in [6.07, 6.45) is -0.711. The Morgan fingerprint density at radius 3 is 2.55 bits per heavy atom. The highest BCUT2D eigenvalue weighted by molar-refractivity contribution is 5.99. The van der Waals surface area contributed by atoms with Crippen molar-refractivity contribution in [3.63, 3.8) is 0 Å². The molecule has 178 valence electrons. The maximum atomic E-state index is 13.2. The molecule has 0 bridgehead atoms. The van der Waals surface area contributed by atoms with E-state index in [2.05, 4.69) is 4.98 Å². The summed E-state index contributed by atoms with van der Waals surface area (Å²) in [5, 5.41) is 0. The van der Waals surface area contributed by atoms with Crippen molar-refractivity contribution >= 4 is 11.9 Å². The highest BCUT2D eigenvalue weighted by Gasteiger charge is 2.36. The number of nitrogens with zero attached hydrogens (tertiary/aromatic N) is 2. The minimum Gasteiger partial charge on any atom is -0.487 e. The Labute approximate surface area is 192 Å². The zero-order valence-corrected chi connectivity index (χ0v) is 19.6. The van der Waals surface area contributed by atoms with E-state index in [0.717, 1.165) is 11.1 Å². The van der Waals surface area contributed by atoms with Crippen molar-refractivity contribution in [1.29, 1.82) is 0 Å². The predicted octanol–water partition coefficient (Wildman–Crippen LogP) is 5.20. The third kappa shape index (κ3) is 5.31. The number of hydrogen-bond acceptors (Lipinski definition) is 5. The van der Waals surface area contributed by atoms with Gasteiger partial charge in [-0.05, 0) is 57.4 Å². The van der Waals surface area contributed by atoms with Crippen LogP contribution in [0.15, 0.2) is 30.5 Å². The standard InChI is InChI=1S/C25H30F2N2O4/c1-6-18(25(31)33-14(2)3)23-20-12-29(24(30)19(20)9-10-28-23)16(5)17-7-8-21(15(4)11-17)32-13-22(26)27/h7-11,14,16,18,22H,6,12-13H2,1-5H3. The third-order valence-electron chi connectivity index (χ3n) is 5.80. The molecule has 1 aliphatic heterocycles. The number of benzene rings is 1. The molecule has 0 radical (unpaired) electrons. The minimum atomic E-state index is -2.55. The van der Waals surface area contributed by atoms with Gasteiger partial charge in [-0.2, -0.15) is 0 Å². The average Bonchev–Trinajstić information content (AvgIpc) is 3.09. The first-order chi connectivity index (χ1) is 15.6. The molecule has 2 atom stereocenters. The summed E-state index contributed by atoms with van der Waals surface area (Å²) in [4.78, 5) is 32.1. The van der Waals surface area contributed by atoms with E-state index in [0.29, 0.717) is 35.5 Å². The second-order valence-electron chi connectivity index (χ2n) is 8.50. The molecular weight excluding hydrogens is 430 g/mol. The molecule has 0 aliphatic carbocycles. The van der Waals surface area contributed by atoms with E-state index in [1.165, 1.54) is 0 Å². The van der Waals surface area contributed by atoms with Crippen LogP contribution in [0.3, 0.4) is 0 Å². The zero-order valence-electron chi connectivity index (χ0n) is 19.6. The summed E-state index contributed by atoms with van der Waals surface area (Å²) < 4.78 is 35.5. The van der Waals surface area contributed by atoms with E-state index in [-0.39, 0.29) is 24.0 Å². The number of carbonyl (C=O) groups excluding carboxylic acids is 2. The maximum Gasteiger partial charge on any atom is 0.315 e. The van der Waals surface area contributed by atoms with Crippen molar-refractivity contribution in [2.24, 2.45) is 0 Å². The normalized spacial score (nSPS) is 15.1. The van der Waals surface area contributed by atoms with Gasteiger partial charge in [0.25, 0.3) is 12.3 Å². The van der Waals surface area contributed by atoms with Gasteiger partial charge >= 0.3 is 5.97 Å². The van der Waals surface area contributed by atoms with Gasteiger partial charge in [-0.25, -0.2) is 8.78 Å². The van der Waals surface area contributed by atoms with Crippen LogP contribution in [0, 0.1) is 6.92 Å². The van der Waals surface area contributed by atoms with Crippen molar-refractivity contribution in [3.8, 4) is 5.75 Å². The van der Waals surface area contributed by atoms with Gasteiger partial charge in [0.2, 0.25) is 0 Å². The van der Waals surface area contributed by atoms with Crippen molar-refractivity contribution in [2.45, 2.75) is 72.1 Å². The minimum absolute atomic E-state index is 0.135. The number of alkyl halides is 2. The first-order valence-electron chi connectivity index (χ1n) is 11.1. The lowest BCUT2D eigenvalue weighted by atomic mass is 9.95. The molecule has 1 aromatic carbocycles. The molecule has 1 aliphatic rings. The summed E-state index contributed by atoms with van der Waals surface area (Å²) >= 11 is 0. The maximum absolute atomic E-state index is 13.2. The lowest BCUT2D eigenvalue weighted by Gasteiger charge is -2.25. The number of halogens is 2. The molecule has 0 fully saturated rings. The fraction of sp³-hybridized carbons (Fsp3) is 0.480. The second kappa shape index (κ2) is 10.3. The van der Waals surface area contributed by atoms with Gasteiger partial charge in [-0.15, -0.1) is 0 Å². The first kappa shape index (κ1) is 24.6. The monoisotopic (exact) mass is 460 g/mol. The molecule has 0 spiro atoms. The number of hydrogen-bond donors (Lipinski definition) is 0. The van der Waals surface area contributed by atoms with Crippen molar-refractivity contribution in [2.75, 3.05) is 6.61 Å². The zero-order chi connectivity index (χ0) is 24.3. The van der Waals surface area contributed by atoms with Gasteiger partial charge in [0.1, 0.15) is 12.4 Å². The SMILES string of the molecule is CCC(C(=O)OC(C)C)c1nccc2c1CN(C(C)c1ccc(OCC(F)F)c(C)c1)C2=O. The fourth-order valence-corrected chi connectivity index (χ4v) is 4.10. The van der Waals surface area contributed by atoms with Gasteiger partial charge in [0, 0.05) is 23.9 Å². The number of fused-ring (bicyclic) bond motifs is 1. The molecule has 6 nitrogen and oxygen atoms in total. The summed E-state index contributed by atoms with van der Waals surface area (Å²) in [7, 11) is 0. The quantitative estimate of drug-likeness (QED) is 0.482. The Kier molecular flexibility index (Phi) is 7.66. The molecule has 0 saturated heterocycles. The summed E-state index contributed by atoms with van der Waals surface area (Å²) in [6.45, 7) is 8.85. The Hall–Kier alpha value is -3.03. The highest BCUT2D eigenvalue weighted by atomic mass is 19.3. The molecular formula is C25H30F2N2O4. The van der Waals surface area contributed by atoms with Crippen LogP contribution in [0.4, 0.5) is 8.78 Å². The average molecular weight is 461 g/mol. The van der Waals surface area contributed by atoms with Gasteiger partial charge in [0.15, 0.2) is 0 Å². The topological polar surface area (TPSA) is 68.7 Å². The van der Waals surface area contributed by atoms with Crippen LogP contribution in [0.2, 0.25) is 0 Å². The second-order valence-corrected chi connectivity index (χ2v) is 8.50. The number of esters is 1.